The lowest BCUT2D eigenvalue weighted by molar-refractivity contribution is 0.508. The zero-order chi connectivity index (χ0) is 22.2. The minimum absolute atomic E-state index is 0.00932. The minimum atomic E-state index is -4.21. The van der Waals surface area contributed by atoms with Gasteiger partial charge in [-0.1, -0.05) is 36.9 Å². The predicted molar refractivity (Wildman–Crippen MR) is 114 cm³/mol. The number of hydrogen-bond acceptors (Lipinski definition) is 4. The Morgan fingerprint density at radius 1 is 1.06 bits per heavy atom. The van der Waals surface area contributed by atoms with Crippen LogP contribution in [0.5, 0.6) is 0 Å². The first kappa shape index (κ1) is 20.7. The Labute approximate surface area is 178 Å². The third kappa shape index (κ3) is 3.79. The van der Waals surface area contributed by atoms with Gasteiger partial charge in [0.15, 0.2) is 17.3 Å². The van der Waals surface area contributed by atoms with Crippen LogP contribution in [0.1, 0.15) is 17.0 Å². The van der Waals surface area contributed by atoms with Crippen LogP contribution < -0.4 is 4.31 Å². The van der Waals surface area contributed by atoms with Crippen molar-refractivity contribution in [2.75, 3.05) is 4.31 Å². The second-order valence-corrected chi connectivity index (χ2v) is 8.70. The predicted octanol–water partition coefficient (Wildman–Crippen LogP) is 4.35. The number of rotatable bonds is 6. The normalized spacial score (nSPS) is 11.6. The fourth-order valence-electron chi connectivity index (χ4n) is 3.21. The highest BCUT2D eigenvalue weighted by atomic mass is 32.2. The molecule has 0 saturated heterocycles. The summed E-state index contributed by atoms with van der Waals surface area (Å²) in [5.74, 6) is -1.69. The van der Waals surface area contributed by atoms with Crippen molar-refractivity contribution >= 4 is 27.4 Å². The van der Waals surface area contributed by atoms with Crippen LogP contribution >= 0.6 is 0 Å². The molecule has 0 aliphatic heterocycles. The average molecular weight is 440 g/mol. The van der Waals surface area contributed by atoms with Crippen LogP contribution in [-0.4, -0.2) is 23.0 Å². The maximum atomic E-state index is 14.0. The Morgan fingerprint density at radius 2 is 1.81 bits per heavy atom. The molecule has 0 spiro atoms. The zero-order valence-electron chi connectivity index (χ0n) is 16.5. The molecule has 0 bridgehead atoms. The molecule has 0 fully saturated rings. The number of fused-ring (bicyclic) bond motifs is 1. The molecule has 0 amide bonds. The number of aromatic nitrogens is 3. The summed E-state index contributed by atoms with van der Waals surface area (Å²) in [6, 6.07) is 13.1. The molecule has 0 saturated carbocycles. The fraction of sp³-hybridized carbons (Fsp3) is 0.0909. The summed E-state index contributed by atoms with van der Waals surface area (Å²) in [6.07, 6.45) is 3.32. The van der Waals surface area contributed by atoms with Crippen molar-refractivity contribution in [1.82, 2.24) is 14.6 Å². The number of benzene rings is 2. The Balaban J connectivity index is 1.87. The van der Waals surface area contributed by atoms with Gasteiger partial charge in [0.2, 0.25) is 0 Å². The number of sulfonamides is 1. The number of aryl methyl sites for hydroxylation is 1. The molecule has 4 aromatic rings. The van der Waals surface area contributed by atoms with Crippen LogP contribution in [0.3, 0.4) is 0 Å². The molecule has 0 aliphatic carbocycles. The molecule has 0 unspecified atom stereocenters. The Morgan fingerprint density at radius 3 is 2.48 bits per heavy atom. The molecule has 31 heavy (non-hydrogen) atoms. The highest BCUT2D eigenvalue weighted by Gasteiger charge is 2.29. The molecular formula is C22H18F2N4O2S. The topological polar surface area (TPSA) is 67.6 Å². The van der Waals surface area contributed by atoms with Crippen molar-refractivity contribution in [3.05, 3.63) is 96.0 Å². The molecule has 0 aliphatic rings. The van der Waals surface area contributed by atoms with E-state index >= 15 is 0 Å². The van der Waals surface area contributed by atoms with Gasteiger partial charge in [-0.25, -0.2) is 17.2 Å². The SMILES string of the molecule is C=Cc1ccc(CN(c2ccc(F)c(F)c2)S(=O)(=O)c2cccn3c(C)nnc23)cc1. The van der Waals surface area contributed by atoms with Gasteiger partial charge in [0.05, 0.1) is 12.2 Å². The number of halogens is 2. The Kier molecular flexibility index (Phi) is 5.28. The summed E-state index contributed by atoms with van der Waals surface area (Å²) in [6.45, 7) is 5.30. The van der Waals surface area contributed by atoms with E-state index in [1.54, 1.807) is 53.9 Å². The summed E-state index contributed by atoms with van der Waals surface area (Å²) < 4.78 is 57.5. The van der Waals surface area contributed by atoms with E-state index in [1.165, 1.54) is 12.1 Å². The largest absolute Gasteiger partial charge is 0.286 e. The monoisotopic (exact) mass is 440 g/mol. The van der Waals surface area contributed by atoms with Crippen molar-refractivity contribution in [2.24, 2.45) is 0 Å². The first-order valence-corrected chi connectivity index (χ1v) is 10.7. The van der Waals surface area contributed by atoms with Crippen molar-refractivity contribution in [3.63, 3.8) is 0 Å². The Hall–Kier alpha value is -3.59. The first-order valence-electron chi connectivity index (χ1n) is 9.31. The van der Waals surface area contributed by atoms with E-state index in [0.717, 1.165) is 22.0 Å². The van der Waals surface area contributed by atoms with Gasteiger partial charge in [-0.3, -0.25) is 8.71 Å². The van der Waals surface area contributed by atoms with Crippen LogP contribution in [0.25, 0.3) is 11.7 Å². The maximum Gasteiger partial charge on any atom is 0.268 e. The lowest BCUT2D eigenvalue weighted by Gasteiger charge is -2.25. The molecule has 0 N–H and O–H groups in total. The lowest BCUT2D eigenvalue weighted by atomic mass is 10.1. The number of pyridine rings is 1. The van der Waals surface area contributed by atoms with Crippen LogP contribution in [0.4, 0.5) is 14.5 Å². The fourth-order valence-corrected chi connectivity index (χ4v) is 4.78. The van der Waals surface area contributed by atoms with Gasteiger partial charge in [-0.2, -0.15) is 0 Å². The van der Waals surface area contributed by atoms with Crippen LogP contribution in [-0.2, 0) is 16.6 Å². The smallest absolute Gasteiger partial charge is 0.268 e. The van der Waals surface area contributed by atoms with E-state index < -0.39 is 21.7 Å². The minimum Gasteiger partial charge on any atom is -0.286 e. The van der Waals surface area contributed by atoms with Gasteiger partial charge in [-0.15, -0.1) is 10.2 Å². The number of hydrogen-bond donors (Lipinski definition) is 0. The molecule has 6 nitrogen and oxygen atoms in total. The van der Waals surface area contributed by atoms with Gasteiger partial charge in [0.25, 0.3) is 10.0 Å². The Bertz CT molecular complexity index is 1380. The third-order valence-corrected chi connectivity index (χ3v) is 6.66. The molecule has 158 valence electrons. The lowest BCUT2D eigenvalue weighted by Crippen LogP contribution is -2.31. The molecule has 4 rings (SSSR count). The highest BCUT2D eigenvalue weighted by Crippen LogP contribution is 2.29. The molecule has 0 radical (unpaired) electrons. The number of anilines is 1. The van der Waals surface area contributed by atoms with Gasteiger partial charge >= 0.3 is 0 Å². The molecular weight excluding hydrogens is 422 g/mol. The van der Waals surface area contributed by atoms with Crippen molar-refractivity contribution < 1.29 is 17.2 Å². The van der Waals surface area contributed by atoms with Crippen LogP contribution in [0.15, 0.2) is 72.3 Å². The number of nitrogens with zero attached hydrogens (tertiary/aromatic N) is 4. The van der Waals surface area contributed by atoms with E-state index in [2.05, 4.69) is 16.8 Å². The van der Waals surface area contributed by atoms with E-state index in [-0.39, 0.29) is 22.8 Å². The summed E-state index contributed by atoms with van der Waals surface area (Å²) in [7, 11) is -4.21. The second kappa shape index (κ2) is 7.92. The van der Waals surface area contributed by atoms with Gasteiger partial charge < -0.3 is 0 Å². The molecule has 2 aromatic carbocycles. The standard InChI is InChI=1S/C22H18F2N4O2S/c1-3-16-6-8-17(9-7-16)14-28(18-10-11-19(23)20(24)13-18)31(29,30)21-5-4-12-27-15(2)25-26-22(21)27/h3-13H,1,14H2,2H3. The third-order valence-electron chi connectivity index (χ3n) is 4.87. The van der Waals surface area contributed by atoms with Crippen molar-refractivity contribution in [1.29, 1.82) is 0 Å². The molecule has 2 heterocycles. The quantitative estimate of drug-likeness (QED) is 0.447. The summed E-state index contributed by atoms with van der Waals surface area (Å²) in [5.41, 5.74) is 1.66. The van der Waals surface area contributed by atoms with Crippen LogP contribution in [0.2, 0.25) is 0 Å². The summed E-state index contributed by atoms with van der Waals surface area (Å²) in [5, 5.41) is 7.93. The van der Waals surface area contributed by atoms with Gasteiger partial charge in [0.1, 0.15) is 10.7 Å². The first-order chi connectivity index (χ1) is 14.8. The summed E-state index contributed by atoms with van der Waals surface area (Å²) >= 11 is 0. The van der Waals surface area contributed by atoms with Crippen molar-refractivity contribution in [3.8, 4) is 0 Å². The van der Waals surface area contributed by atoms with E-state index in [4.69, 9.17) is 0 Å². The molecule has 9 heteroatoms. The summed E-state index contributed by atoms with van der Waals surface area (Å²) in [4.78, 5) is -0.0944. The molecule has 2 aromatic heterocycles. The second-order valence-electron chi connectivity index (χ2n) is 6.87. The average Bonchev–Trinajstić information content (AvgIpc) is 3.15. The maximum absolute atomic E-state index is 14.0. The molecule has 0 atom stereocenters. The van der Waals surface area contributed by atoms with Gasteiger partial charge in [0, 0.05) is 12.3 Å². The van der Waals surface area contributed by atoms with E-state index in [0.29, 0.717) is 11.4 Å². The highest BCUT2D eigenvalue weighted by molar-refractivity contribution is 7.93. The van der Waals surface area contributed by atoms with Crippen LogP contribution in [0, 0.1) is 18.6 Å². The van der Waals surface area contributed by atoms with E-state index in [1.807, 2.05) is 0 Å². The van der Waals surface area contributed by atoms with E-state index in [9.17, 15) is 17.2 Å². The van der Waals surface area contributed by atoms with Crippen molar-refractivity contribution in [2.45, 2.75) is 18.4 Å². The van der Waals surface area contributed by atoms with Gasteiger partial charge in [-0.05, 0) is 42.3 Å². The zero-order valence-corrected chi connectivity index (χ0v) is 17.4.